The fourth-order valence-corrected chi connectivity index (χ4v) is 1.98. The van der Waals surface area contributed by atoms with Gasteiger partial charge in [-0.05, 0) is 29.8 Å². The van der Waals surface area contributed by atoms with Crippen LogP contribution in [0.15, 0.2) is 48.5 Å². The van der Waals surface area contributed by atoms with Crippen LogP contribution in [0.3, 0.4) is 0 Å². The molecule has 0 saturated heterocycles. The van der Waals surface area contributed by atoms with Crippen LogP contribution in [0.4, 0.5) is 10.5 Å². The van der Waals surface area contributed by atoms with Crippen molar-refractivity contribution in [3.05, 3.63) is 59.1 Å². The average molecular weight is 335 g/mol. The number of ether oxygens (including phenoxy) is 1. The summed E-state index contributed by atoms with van der Waals surface area (Å²) >= 11 is 5.82. The second kappa shape index (κ2) is 7.85. The molecule has 0 aliphatic carbocycles. The van der Waals surface area contributed by atoms with Crippen LogP contribution >= 0.6 is 11.6 Å². The Morgan fingerprint density at radius 1 is 1.26 bits per heavy atom. The van der Waals surface area contributed by atoms with Gasteiger partial charge in [0.25, 0.3) is 0 Å². The van der Waals surface area contributed by atoms with E-state index < -0.39 is 6.10 Å². The van der Waals surface area contributed by atoms with Gasteiger partial charge in [-0.3, -0.25) is 0 Å². The lowest BCUT2D eigenvalue weighted by Gasteiger charge is -2.15. The van der Waals surface area contributed by atoms with Gasteiger partial charge in [0.05, 0.1) is 0 Å². The Hall–Kier alpha value is -2.24. The predicted octanol–water partition coefficient (Wildman–Crippen LogP) is 3.55. The van der Waals surface area contributed by atoms with Gasteiger partial charge in [-0.25, -0.2) is 4.79 Å². The van der Waals surface area contributed by atoms with Crippen molar-refractivity contribution in [1.82, 2.24) is 4.90 Å². The highest BCUT2D eigenvalue weighted by Gasteiger charge is 2.09. The Morgan fingerprint density at radius 3 is 2.61 bits per heavy atom. The predicted molar refractivity (Wildman–Crippen MR) is 91.1 cm³/mol. The van der Waals surface area contributed by atoms with Crippen LogP contribution in [0.5, 0.6) is 5.75 Å². The number of benzene rings is 2. The van der Waals surface area contributed by atoms with Gasteiger partial charge >= 0.3 is 6.03 Å². The highest BCUT2D eigenvalue weighted by atomic mass is 35.5. The molecule has 0 aliphatic rings. The molecule has 122 valence electrons. The largest absolute Gasteiger partial charge is 0.490 e. The van der Waals surface area contributed by atoms with Gasteiger partial charge in [0.15, 0.2) is 0 Å². The smallest absolute Gasteiger partial charge is 0.321 e. The lowest BCUT2D eigenvalue weighted by molar-refractivity contribution is 0.108. The van der Waals surface area contributed by atoms with E-state index in [4.69, 9.17) is 16.3 Å². The van der Waals surface area contributed by atoms with Crippen molar-refractivity contribution in [2.75, 3.05) is 26.0 Å². The molecule has 6 heteroatoms. The molecule has 0 radical (unpaired) electrons. The number of aliphatic hydroxyl groups is 1. The summed E-state index contributed by atoms with van der Waals surface area (Å²) in [6.45, 7) is 0.104. The van der Waals surface area contributed by atoms with Crippen molar-refractivity contribution in [2.45, 2.75) is 6.10 Å². The molecule has 2 aromatic rings. The molecule has 1 atom stereocenters. The minimum atomic E-state index is -0.757. The zero-order valence-corrected chi connectivity index (χ0v) is 13.7. The van der Waals surface area contributed by atoms with Gasteiger partial charge in [0.1, 0.15) is 18.5 Å². The van der Waals surface area contributed by atoms with Gasteiger partial charge in [0.2, 0.25) is 0 Å². The van der Waals surface area contributed by atoms with Gasteiger partial charge in [0, 0.05) is 30.9 Å². The highest BCUT2D eigenvalue weighted by Crippen LogP contribution is 2.21. The maximum atomic E-state index is 11.6. The Balaban J connectivity index is 1.95. The molecule has 2 rings (SSSR count). The first-order chi connectivity index (χ1) is 11.0. The van der Waals surface area contributed by atoms with E-state index in [0.717, 1.165) is 5.56 Å². The monoisotopic (exact) mass is 334 g/mol. The summed E-state index contributed by atoms with van der Waals surface area (Å²) in [5.41, 5.74) is 1.36. The van der Waals surface area contributed by atoms with E-state index in [9.17, 15) is 9.90 Å². The Labute approximate surface area is 140 Å². The molecular formula is C17H19ClN2O3. The maximum Gasteiger partial charge on any atom is 0.321 e. The normalized spacial score (nSPS) is 11.7. The van der Waals surface area contributed by atoms with Crippen LogP contribution in [-0.2, 0) is 0 Å². The summed E-state index contributed by atoms with van der Waals surface area (Å²) in [6.07, 6.45) is -0.757. The number of anilines is 1. The number of hydrogen-bond donors (Lipinski definition) is 2. The zero-order valence-electron chi connectivity index (χ0n) is 13.0. The number of nitrogens with one attached hydrogen (secondary N) is 1. The van der Waals surface area contributed by atoms with Crippen LogP contribution in [0.2, 0.25) is 5.02 Å². The summed E-state index contributed by atoms with van der Waals surface area (Å²) in [7, 11) is 3.33. The molecule has 0 saturated carbocycles. The van der Waals surface area contributed by atoms with E-state index in [-0.39, 0.29) is 12.6 Å². The molecule has 1 unspecified atom stereocenters. The fraction of sp³-hybridized carbons (Fsp3) is 0.235. The van der Waals surface area contributed by atoms with Crippen molar-refractivity contribution in [3.63, 3.8) is 0 Å². The molecule has 5 nitrogen and oxygen atoms in total. The molecule has 0 aliphatic heterocycles. The first-order valence-electron chi connectivity index (χ1n) is 7.10. The van der Waals surface area contributed by atoms with E-state index in [1.807, 2.05) is 0 Å². The first kappa shape index (κ1) is 17.1. The minimum absolute atomic E-state index is 0.104. The average Bonchev–Trinajstić information content (AvgIpc) is 2.53. The summed E-state index contributed by atoms with van der Waals surface area (Å²) in [5, 5.41) is 13.5. The summed E-state index contributed by atoms with van der Waals surface area (Å²) in [6, 6.07) is 13.7. The van der Waals surface area contributed by atoms with Crippen LogP contribution in [0.25, 0.3) is 0 Å². The Kier molecular flexibility index (Phi) is 5.84. The maximum absolute atomic E-state index is 11.6. The molecule has 0 bridgehead atoms. The van der Waals surface area contributed by atoms with Crippen LogP contribution in [0, 0.1) is 0 Å². The summed E-state index contributed by atoms with van der Waals surface area (Å²) in [4.78, 5) is 13.1. The summed E-state index contributed by atoms with van der Waals surface area (Å²) < 4.78 is 5.59. The SMILES string of the molecule is CN(C)C(=O)Nc1cccc(OCC(O)c2ccc(Cl)cc2)c1. The molecule has 0 aromatic heterocycles. The van der Waals surface area contributed by atoms with Gasteiger partial charge < -0.3 is 20.1 Å². The number of halogens is 1. The van der Waals surface area contributed by atoms with E-state index in [1.165, 1.54) is 4.90 Å². The number of carbonyl (C=O) groups excluding carboxylic acids is 1. The zero-order chi connectivity index (χ0) is 16.8. The van der Waals surface area contributed by atoms with Crippen molar-refractivity contribution < 1.29 is 14.6 Å². The quantitative estimate of drug-likeness (QED) is 0.879. The number of amides is 2. The number of urea groups is 1. The van der Waals surface area contributed by atoms with Crippen molar-refractivity contribution >= 4 is 23.3 Å². The molecule has 2 N–H and O–H groups in total. The van der Waals surface area contributed by atoms with Gasteiger partial charge in [-0.1, -0.05) is 29.8 Å². The van der Waals surface area contributed by atoms with Crippen LogP contribution in [0.1, 0.15) is 11.7 Å². The minimum Gasteiger partial charge on any atom is -0.490 e. The van der Waals surface area contributed by atoms with Crippen molar-refractivity contribution in [1.29, 1.82) is 0 Å². The number of carbonyl (C=O) groups is 1. The Bertz CT molecular complexity index is 659. The summed E-state index contributed by atoms with van der Waals surface area (Å²) in [5.74, 6) is 0.564. The van der Waals surface area contributed by atoms with Gasteiger partial charge in [-0.15, -0.1) is 0 Å². The third-order valence-electron chi connectivity index (χ3n) is 3.15. The second-order valence-electron chi connectivity index (χ2n) is 5.23. The second-order valence-corrected chi connectivity index (χ2v) is 5.67. The van der Waals surface area contributed by atoms with Crippen molar-refractivity contribution in [3.8, 4) is 5.75 Å². The highest BCUT2D eigenvalue weighted by molar-refractivity contribution is 6.30. The molecule has 23 heavy (non-hydrogen) atoms. The van der Waals surface area contributed by atoms with E-state index >= 15 is 0 Å². The van der Waals surface area contributed by atoms with E-state index in [2.05, 4.69) is 5.32 Å². The van der Waals surface area contributed by atoms with Crippen LogP contribution in [-0.4, -0.2) is 36.7 Å². The third kappa shape index (κ3) is 5.16. The topological polar surface area (TPSA) is 61.8 Å². The molecule has 0 fully saturated rings. The molecule has 0 spiro atoms. The third-order valence-corrected chi connectivity index (χ3v) is 3.41. The van der Waals surface area contributed by atoms with E-state index in [0.29, 0.717) is 16.5 Å². The number of hydrogen-bond acceptors (Lipinski definition) is 3. The van der Waals surface area contributed by atoms with Gasteiger partial charge in [-0.2, -0.15) is 0 Å². The molecular weight excluding hydrogens is 316 g/mol. The molecule has 0 heterocycles. The number of rotatable bonds is 5. The number of aliphatic hydroxyl groups excluding tert-OH is 1. The molecule has 2 aromatic carbocycles. The van der Waals surface area contributed by atoms with Crippen LogP contribution < -0.4 is 10.1 Å². The lowest BCUT2D eigenvalue weighted by Crippen LogP contribution is -2.27. The number of nitrogens with zero attached hydrogens (tertiary/aromatic N) is 1. The lowest BCUT2D eigenvalue weighted by atomic mass is 10.1. The van der Waals surface area contributed by atoms with E-state index in [1.54, 1.807) is 62.6 Å². The molecule has 2 amide bonds. The Morgan fingerprint density at radius 2 is 1.96 bits per heavy atom. The van der Waals surface area contributed by atoms with Crippen molar-refractivity contribution in [2.24, 2.45) is 0 Å². The standard InChI is InChI=1S/C17H19ClN2O3/c1-20(2)17(22)19-14-4-3-5-15(10-14)23-11-16(21)12-6-8-13(18)9-7-12/h3-10,16,21H,11H2,1-2H3,(H,19,22). The first-order valence-corrected chi connectivity index (χ1v) is 7.48. The fourth-order valence-electron chi connectivity index (χ4n) is 1.86.